The number of aryl methyl sites for hydroxylation is 1. The number of nitrogens with zero attached hydrogens (tertiary/aromatic N) is 1. The molecule has 6 heteroatoms. The number of hydrogen-bond donors (Lipinski definition) is 1. The molecule has 0 bridgehead atoms. The van der Waals surface area contributed by atoms with Crippen LogP contribution in [-0.2, 0) is 4.43 Å². The first-order valence-corrected chi connectivity index (χ1v) is 17.1. The van der Waals surface area contributed by atoms with E-state index in [1.807, 2.05) is 31.3 Å². The molecule has 0 atom stereocenters. The first-order chi connectivity index (χ1) is 15.8. The molecule has 0 spiro atoms. The molecule has 0 aliphatic carbocycles. The SMILES string of the molecule is CCI(C)Cc1c(C)sc2ccc(-c3cccc(F)c3OCCC(C(C)=NC)=C(C)N)cc12. The summed E-state index contributed by atoms with van der Waals surface area (Å²) in [6.07, 6.45) is 0.576. The van der Waals surface area contributed by atoms with Crippen molar-refractivity contribution in [2.75, 3.05) is 23.0 Å². The molecular weight excluding hydrogens is 546 g/mol. The predicted molar refractivity (Wildman–Crippen MR) is 152 cm³/mol. The molecule has 3 nitrogen and oxygen atoms in total. The quantitative estimate of drug-likeness (QED) is 0.160. The van der Waals surface area contributed by atoms with Crippen LogP contribution < -0.4 is 10.5 Å². The molecule has 33 heavy (non-hydrogen) atoms. The van der Waals surface area contributed by atoms with Crippen molar-refractivity contribution in [2.45, 2.75) is 38.5 Å². The van der Waals surface area contributed by atoms with Crippen LogP contribution in [0.5, 0.6) is 5.75 Å². The second-order valence-corrected chi connectivity index (χ2v) is 15.8. The Balaban J connectivity index is 1.95. The van der Waals surface area contributed by atoms with Gasteiger partial charge in [-0.1, -0.05) is 0 Å². The van der Waals surface area contributed by atoms with E-state index in [9.17, 15) is 4.39 Å². The Labute approximate surface area is 208 Å². The van der Waals surface area contributed by atoms with Gasteiger partial charge in [0.15, 0.2) is 0 Å². The normalized spacial score (nSPS) is 13.3. The number of alkyl halides is 3. The van der Waals surface area contributed by atoms with Crippen LogP contribution >= 0.6 is 31.2 Å². The molecule has 3 rings (SSSR count). The van der Waals surface area contributed by atoms with Crippen LogP contribution in [0.15, 0.2) is 52.7 Å². The first kappa shape index (κ1) is 25.7. The standard InChI is InChI=1S/C27H34FIN2OS/c1-7-29(5)16-24-19(4)33-26-12-11-20(15-23(24)26)22-9-8-10-25(28)27(22)32-14-13-21(17(2)30)18(3)31-6/h8-12,15H,7,13-14,16,30H2,1-6H3. The van der Waals surface area contributed by atoms with Crippen molar-refractivity contribution in [2.24, 2.45) is 10.7 Å². The summed E-state index contributed by atoms with van der Waals surface area (Å²) in [7, 11) is 1.74. The van der Waals surface area contributed by atoms with E-state index in [0.29, 0.717) is 24.5 Å². The minimum absolute atomic E-state index is 0.294. The van der Waals surface area contributed by atoms with E-state index in [2.05, 4.69) is 42.0 Å². The van der Waals surface area contributed by atoms with Crippen LogP contribution in [0.25, 0.3) is 21.2 Å². The Morgan fingerprint density at radius 1 is 1.21 bits per heavy atom. The van der Waals surface area contributed by atoms with Gasteiger partial charge in [-0.3, -0.25) is 4.99 Å². The van der Waals surface area contributed by atoms with Crippen LogP contribution in [0, 0.1) is 12.7 Å². The molecule has 0 fully saturated rings. The number of rotatable bonds is 9. The number of halogens is 2. The molecular formula is C27H34FIN2OS. The van der Waals surface area contributed by atoms with Crippen molar-refractivity contribution in [1.29, 1.82) is 0 Å². The van der Waals surface area contributed by atoms with E-state index in [1.54, 1.807) is 13.1 Å². The van der Waals surface area contributed by atoms with Gasteiger partial charge >= 0.3 is 178 Å². The fourth-order valence-electron chi connectivity index (χ4n) is 3.86. The Kier molecular flexibility index (Phi) is 8.93. The van der Waals surface area contributed by atoms with Gasteiger partial charge in [0.1, 0.15) is 0 Å². The maximum absolute atomic E-state index is 14.9. The zero-order valence-corrected chi connectivity index (χ0v) is 23.4. The third-order valence-corrected chi connectivity index (χ3v) is 11.7. The fourth-order valence-corrected chi connectivity index (χ4v) is 8.01. The summed E-state index contributed by atoms with van der Waals surface area (Å²) in [5.41, 5.74) is 11.8. The molecule has 0 saturated carbocycles. The zero-order chi connectivity index (χ0) is 24.1. The molecule has 3 aromatic rings. The van der Waals surface area contributed by atoms with Gasteiger partial charge in [-0.05, 0) is 13.8 Å². The molecule has 0 amide bonds. The fraction of sp³-hybridized carbons (Fsp3) is 0.370. The molecule has 2 aromatic carbocycles. The number of nitrogens with two attached hydrogens (primary N) is 1. The molecule has 2 N–H and O–H groups in total. The number of allylic oxidation sites excluding steroid dienone is 1. The average Bonchev–Trinajstić information content (AvgIpc) is 3.10. The predicted octanol–water partition coefficient (Wildman–Crippen LogP) is 7.76. The topological polar surface area (TPSA) is 47.6 Å². The molecule has 0 saturated heterocycles. The van der Waals surface area contributed by atoms with Crippen LogP contribution in [-0.4, -0.2) is 28.7 Å². The molecule has 1 aromatic heterocycles. The number of thiophene rings is 1. The number of fused-ring (bicyclic) bond motifs is 1. The van der Waals surface area contributed by atoms with Crippen molar-refractivity contribution in [3.8, 4) is 16.9 Å². The van der Waals surface area contributed by atoms with Crippen LogP contribution in [0.3, 0.4) is 0 Å². The molecule has 0 radical (unpaired) electrons. The summed E-state index contributed by atoms with van der Waals surface area (Å²) in [6.45, 7) is 8.64. The van der Waals surface area contributed by atoms with Crippen molar-refractivity contribution in [3.63, 3.8) is 0 Å². The summed E-state index contributed by atoms with van der Waals surface area (Å²) < 4.78 is 24.7. The second kappa shape index (κ2) is 11.5. The second-order valence-electron chi connectivity index (χ2n) is 8.16. The number of para-hydroxylation sites is 1. The summed E-state index contributed by atoms with van der Waals surface area (Å²) in [5, 5.41) is 1.31. The zero-order valence-electron chi connectivity index (χ0n) is 20.4. The summed E-state index contributed by atoms with van der Waals surface area (Å²) >= 11 is 0.916. The average molecular weight is 581 g/mol. The van der Waals surface area contributed by atoms with Crippen LogP contribution in [0.4, 0.5) is 4.39 Å². The van der Waals surface area contributed by atoms with Gasteiger partial charge in [-0.2, -0.15) is 0 Å². The van der Waals surface area contributed by atoms with Gasteiger partial charge < -0.3 is 5.73 Å². The number of ether oxygens (including phenoxy) is 1. The van der Waals surface area contributed by atoms with Gasteiger partial charge in [-0.15, -0.1) is 0 Å². The summed E-state index contributed by atoms with van der Waals surface area (Å²) in [5.74, 6) is -0.0545. The van der Waals surface area contributed by atoms with Crippen molar-refractivity contribution in [1.82, 2.24) is 0 Å². The van der Waals surface area contributed by atoms with Gasteiger partial charge in [0.2, 0.25) is 0 Å². The van der Waals surface area contributed by atoms with E-state index in [4.69, 9.17) is 10.5 Å². The maximum atomic E-state index is 14.9. The molecule has 0 unspecified atom stereocenters. The van der Waals surface area contributed by atoms with Gasteiger partial charge in [0, 0.05) is 7.05 Å². The summed E-state index contributed by atoms with van der Waals surface area (Å²) in [6, 6.07) is 11.6. The third-order valence-electron chi connectivity index (χ3n) is 5.94. The van der Waals surface area contributed by atoms with Crippen LogP contribution in [0.1, 0.15) is 37.6 Å². The van der Waals surface area contributed by atoms with E-state index in [-0.39, 0.29) is 5.82 Å². The van der Waals surface area contributed by atoms with Crippen LogP contribution in [0.2, 0.25) is 0 Å². The Morgan fingerprint density at radius 2 is 1.97 bits per heavy atom. The van der Waals surface area contributed by atoms with Gasteiger partial charge in [0.25, 0.3) is 0 Å². The van der Waals surface area contributed by atoms with E-state index >= 15 is 0 Å². The van der Waals surface area contributed by atoms with E-state index < -0.39 is 19.8 Å². The Bertz CT molecular complexity index is 1190. The minimum atomic E-state index is -0.943. The number of hydrogen-bond acceptors (Lipinski definition) is 4. The molecule has 178 valence electrons. The van der Waals surface area contributed by atoms with Gasteiger partial charge in [-0.25, -0.2) is 0 Å². The Morgan fingerprint density at radius 3 is 2.64 bits per heavy atom. The van der Waals surface area contributed by atoms with Crippen molar-refractivity contribution in [3.05, 3.63) is 63.9 Å². The molecule has 1 heterocycles. The number of aliphatic imine (C=N–C) groups is 1. The monoisotopic (exact) mass is 580 g/mol. The van der Waals surface area contributed by atoms with E-state index in [0.717, 1.165) is 22.4 Å². The van der Waals surface area contributed by atoms with Gasteiger partial charge in [0.05, 0.1) is 0 Å². The van der Waals surface area contributed by atoms with E-state index in [1.165, 1.54) is 35.4 Å². The molecule has 0 aliphatic heterocycles. The summed E-state index contributed by atoms with van der Waals surface area (Å²) in [4.78, 5) is 8.09. The van der Waals surface area contributed by atoms with Crippen molar-refractivity contribution < 1.29 is 9.13 Å². The molecule has 0 aliphatic rings. The first-order valence-electron chi connectivity index (χ1n) is 11.1. The number of benzene rings is 2. The van der Waals surface area contributed by atoms with Crippen molar-refractivity contribution >= 4 is 47.0 Å². The third kappa shape index (κ3) is 5.96. The Hall–Kier alpha value is -1.93.